The number of carbonyl (C=O) groups excluding carboxylic acids is 1. The Bertz CT molecular complexity index is 474. The van der Waals surface area contributed by atoms with Crippen LogP contribution in [0, 0.1) is 5.92 Å². The van der Waals surface area contributed by atoms with Crippen LogP contribution in [0.2, 0.25) is 0 Å². The Kier molecular flexibility index (Phi) is 5.99. The molecule has 1 rings (SSSR count). The van der Waals surface area contributed by atoms with E-state index in [1.54, 1.807) is 12.1 Å². The predicted molar refractivity (Wildman–Crippen MR) is 75.6 cm³/mol. The summed E-state index contributed by atoms with van der Waals surface area (Å²) in [5.74, 6) is -1.14. The van der Waals surface area contributed by atoms with E-state index in [2.05, 4.69) is 10.6 Å². The van der Waals surface area contributed by atoms with Crippen LogP contribution in [0.15, 0.2) is 24.3 Å². The highest BCUT2D eigenvalue weighted by molar-refractivity contribution is 5.94. The van der Waals surface area contributed by atoms with E-state index in [1.807, 2.05) is 13.8 Å². The molecule has 0 heterocycles. The van der Waals surface area contributed by atoms with Gasteiger partial charge in [-0.15, -0.1) is 0 Å². The van der Waals surface area contributed by atoms with E-state index in [4.69, 9.17) is 5.11 Å². The number of phenolic OH excluding ortho intramolecular Hbond substituents is 1. The van der Waals surface area contributed by atoms with Crippen LogP contribution in [0.25, 0.3) is 0 Å². The lowest BCUT2D eigenvalue weighted by Crippen LogP contribution is -2.41. The van der Waals surface area contributed by atoms with Crippen LogP contribution in [0.1, 0.15) is 20.3 Å². The van der Waals surface area contributed by atoms with Crippen molar-refractivity contribution in [3.05, 3.63) is 24.3 Å². The molecule has 0 fully saturated rings. The first-order chi connectivity index (χ1) is 9.38. The van der Waals surface area contributed by atoms with Crippen LogP contribution in [0.4, 0.5) is 5.69 Å². The molecule has 0 aromatic heterocycles. The number of carboxylic acids is 1. The Morgan fingerprint density at radius 2 is 2.00 bits per heavy atom. The van der Waals surface area contributed by atoms with Crippen LogP contribution >= 0.6 is 0 Å². The molecule has 0 aliphatic heterocycles. The average molecular weight is 280 g/mol. The largest absolute Gasteiger partial charge is 0.508 e. The SMILES string of the molecule is CC(C)CNC(CC(=O)Nc1cccc(O)c1)C(=O)O. The van der Waals surface area contributed by atoms with Crippen molar-refractivity contribution in [1.29, 1.82) is 0 Å². The van der Waals surface area contributed by atoms with E-state index in [0.29, 0.717) is 18.2 Å². The third kappa shape index (κ3) is 5.71. The Labute approximate surface area is 117 Å². The summed E-state index contributed by atoms with van der Waals surface area (Å²) in [4.78, 5) is 22.9. The van der Waals surface area contributed by atoms with Crippen LogP contribution in [0.3, 0.4) is 0 Å². The lowest BCUT2D eigenvalue weighted by atomic mass is 10.1. The summed E-state index contributed by atoms with van der Waals surface area (Å²) in [6, 6.07) is 5.18. The van der Waals surface area contributed by atoms with E-state index in [1.165, 1.54) is 12.1 Å². The quantitative estimate of drug-likeness (QED) is 0.605. The maximum absolute atomic E-state index is 11.8. The number of phenols is 1. The maximum Gasteiger partial charge on any atom is 0.321 e. The number of anilines is 1. The fourth-order valence-corrected chi connectivity index (χ4v) is 1.61. The highest BCUT2D eigenvalue weighted by Crippen LogP contribution is 2.15. The van der Waals surface area contributed by atoms with Gasteiger partial charge in [0, 0.05) is 11.8 Å². The Morgan fingerprint density at radius 1 is 1.30 bits per heavy atom. The molecule has 1 aromatic rings. The average Bonchev–Trinajstić information content (AvgIpc) is 2.33. The minimum absolute atomic E-state index is 0.0375. The molecule has 6 heteroatoms. The van der Waals surface area contributed by atoms with Gasteiger partial charge >= 0.3 is 5.97 Å². The number of hydrogen-bond acceptors (Lipinski definition) is 4. The Hall–Kier alpha value is -2.08. The van der Waals surface area contributed by atoms with Crippen molar-refractivity contribution in [2.45, 2.75) is 26.3 Å². The number of hydrogen-bond donors (Lipinski definition) is 4. The molecule has 1 atom stereocenters. The number of nitrogens with one attached hydrogen (secondary N) is 2. The van der Waals surface area contributed by atoms with Crippen molar-refractivity contribution in [2.75, 3.05) is 11.9 Å². The summed E-state index contributed by atoms with van der Waals surface area (Å²) in [5.41, 5.74) is 0.433. The molecule has 1 aromatic carbocycles. The van der Waals surface area contributed by atoms with Gasteiger partial charge < -0.3 is 20.8 Å². The molecule has 6 nitrogen and oxygen atoms in total. The van der Waals surface area contributed by atoms with Gasteiger partial charge in [-0.3, -0.25) is 9.59 Å². The van der Waals surface area contributed by atoms with Crippen molar-refractivity contribution >= 4 is 17.6 Å². The highest BCUT2D eigenvalue weighted by Gasteiger charge is 2.20. The molecular formula is C14H20N2O4. The molecule has 110 valence electrons. The molecule has 1 amide bonds. The van der Waals surface area contributed by atoms with Crippen LogP contribution in [-0.2, 0) is 9.59 Å². The van der Waals surface area contributed by atoms with Gasteiger partial charge in [0.25, 0.3) is 0 Å². The lowest BCUT2D eigenvalue weighted by Gasteiger charge is -2.15. The zero-order chi connectivity index (χ0) is 15.1. The first kappa shape index (κ1) is 16.0. The summed E-state index contributed by atoms with van der Waals surface area (Å²) < 4.78 is 0. The van der Waals surface area contributed by atoms with Gasteiger partial charge in [0.15, 0.2) is 0 Å². The topological polar surface area (TPSA) is 98.7 Å². The van der Waals surface area contributed by atoms with Crippen molar-refractivity contribution in [2.24, 2.45) is 5.92 Å². The minimum Gasteiger partial charge on any atom is -0.508 e. The van der Waals surface area contributed by atoms with Crippen LogP contribution in [-0.4, -0.2) is 34.7 Å². The number of aromatic hydroxyl groups is 1. The first-order valence-corrected chi connectivity index (χ1v) is 6.43. The molecule has 4 N–H and O–H groups in total. The van der Waals surface area contributed by atoms with Crippen molar-refractivity contribution in [1.82, 2.24) is 5.32 Å². The highest BCUT2D eigenvalue weighted by atomic mass is 16.4. The molecule has 0 saturated carbocycles. The number of rotatable bonds is 7. The zero-order valence-electron chi connectivity index (χ0n) is 11.6. The third-order valence-electron chi connectivity index (χ3n) is 2.59. The van der Waals surface area contributed by atoms with Crippen molar-refractivity contribution in [3.8, 4) is 5.75 Å². The number of carboxylic acid groups (broad SMARTS) is 1. The summed E-state index contributed by atoms with van der Waals surface area (Å²) in [6.45, 7) is 4.44. The molecule has 0 spiro atoms. The maximum atomic E-state index is 11.8. The molecular weight excluding hydrogens is 260 g/mol. The molecule has 0 radical (unpaired) electrons. The van der Waals surface area contributed by atoms with Gasteiger partial charge in [0.05, 0.1) is 6.42 Å². The van der Waals surface area contributed by atoms with Crippen LogP contribution in [0.5, 0.6) is 5.75 Å². The zero-order valence-corrected chi connectivity index (χ0v) is 11.6. The second-order valence-electron chi connectivity index (χ2n) is 5.00. The van der Waals surface area contributed by atoms with Crippen molar-refractivity contribution in [3.63, 3.8) is 0 Å². The van der Waals surface area contributed by atoms with Gasteiger partial charge in [-0.2, -0.15) is 0 Å². The minimum atomic E-state index is -1.06. The second kappa shape index (κ2) is 7.49. The van der Waals surface area contributed by atoms with Gasteiger partial charge in [-0.1, -0.05) is 19.9 Å². The lowest BCUT2D eigenvalue weighted by molar-refractivity contribution is -0.141. The van der Waals surface area contributed by atoms with E-state index in [0.717, 1.165) is 0 Å². The van der Waals surface area contributed by atoms with E-state index < -0.39 is 17.9 Å². The summed E-state index contributed by atoms with van der Waals surface area (Å²) in [7, 11) is 0. The smallest absolute Gasteiger partial charge is 0.321 e. The number of benzene rings is 1. The predicted octanol–water partition coefficient (Wildman–Crippen LogP) is 1.42. The number of carbonyl (C=O) groups is 2. The fourth-order valence-electron chi connectivity index (χ4n) is 1.61. The van der Waals surface area contributed by atoms with Crippen molar-refractivity contribution < 1.29 is 19.8 Å². The molecule has 0 aliphatic rings. The van der Waals surface area contributed by atoms with Gasteiger partial charge in [0.1, 0.15) is 11.8 Å². The first-order valence-electron chi connectivity index (χ1n) is 6.43. The van der Waals surface area contributed by atoms with Crippen LogP contribution < -0.4 is 10.6 Å². The molecule has 20 heavy (non-hydrogen) atoms. The van der Waals surface area contributed by atoms with Gasteiger partial charge in [-0.25, -0.2) is 0 Å². The molecule has 0 aliphatic carbocycles. The monoisotopic (exact) mass is 280 g/mol. The molecule has 0 bridgehead atoms. The van der Waals surface area contributed by atoms with Gasteiger partial charge in [0.2, 0.25) is 5.91 Å². The summed E-state index contributed by atoms with van der Waals surface area (Å²) >= 11 is 0. The standard InChI is InChI=1S/C14H20N2O4/c1-9(2)8-15-12(14(19)20)7-13(18)16-10-4-3-5-11(17)6-10/h3-6,9,12,15,17H,7-8H2,1-2H3,(H,16,18)(H,19,20). The fraction of sp³-hybridized carbons (Fsp3) is 0.429. The number of aliphatic carboxylic acids is 1. The second-order valence-corrected chi connectivity index (χ2v) is 5.00. The van der Waals surface area contributed by atoms with E-state index >= 15 is 0 Å². The van der Waals surface area contributed by atoms with E-state index in [-0.39, 0.29) is 12.2 Å². The summed E-state index contributed by atoms with van der Waals surface area (Å²) in [6.07, 6.45) is -0.169. The third-order valence-corrected chi connectivity index (χ3v) is 2.59. The Morgan fingerprint density at radius 3 is 2.55 bits per heavy atom. The molecule has 1 unspecified atom stereocenters. The normalized spacial score (nSPS) is 12.2. The Balaban J connectivity index is 2.55. The number of amides is 1. The van der Waals surface area contributed by atoms with Gasteiger partial charge in [-0.05, 0) is 24.6 Å². The molecule has 0 saturated heterocycles. The summed E-state index contributed by atoms with van der Waals surface area (Å²) in [5, 5.41) is 23.7. The van der Waals surface area contributed by atoms with E-state index in [9.17, 15) is 14.7 Å².